The van der Waals surface area contributed by atoms with Gasteiger partial charge in [0.2, 0.25) is 5.88 Å². The van der Waals surface area contributed by atoms with E-state index in [2.05, 4.69) is 10.3 Å². The van der Waals surface area contributed by atoms with Crippen molar-refractivity contribution >= 4 is 29.0 Å². The van der Waals surface area contributed by atoms with Crippen LogP contribution in [0.3, 0.4) is 0 Å². The first-order chi connectivity index (χ1) is 13.3. The maximum atomic E-state index is 13.2. The molecular weight excluding hydrogens is 378 g/mol. The summed E-state index contributed by atoms with van der Waals surface area (Å²) < 4.78 is 7.61. The van der Waals surface area contributed by atoms with Gasteiger partial charge >= 0.3 is 0 Å². The molecule has 3 aromatic heterocycles. The van der Waals surface area contributed by atoms with Gasteiger partial charge in [0, 0.05) is 41.3 Å². The number of pyridine rings is 1. The first-order valence-corrected chi connectivity index (χ1v) is 11.0. The van der Waals surface area contributed by atoms with Crippen LogP contribution in [0.15, 0.2) is 42.9 Å². The highest BCUT2D eigenvalue weighted by molar-refractivity contribution is 7.98. The zero-order valence-corrected chi connectivity index (χ0v) is 16.7. The molecule has 0 aromatic carbocycles. The number of carbonyl (C=O) groups is 1. The van der Waals surface area contributed by atoms with Gasteiger partial charge in [-0.1, -0.05) is 6.07 Å². The molecule has 1 amide bonds. The molecule has 4 rings (SSSR count). The number of thiophene rings is 1. The van der Waals surface area contributed by atoms with Crippen molar-refractivity contribution in [1.82, 2.24) is 14.9 Å². The van der Waals surface area contributed by atoms with Crippen molar-refractivity contribution < 1.29 is 9.53 Å². The molecule has 0 spiro atoms. The number of nitrogens with one attached hydrogen (secondary N) is 1. The monoisotopic (exact) mass is 399 g/mol. The molecule has 1 aliphatic heterocycles. The number of carbonyl (C=O) groups excluding carboxylic acids is 1. The first-order valence-electron chi connectivity index (χ1n) is 8.98. The van der Waals surface area contributed by atoms with Gasteiger partial charge in [-0.05, 0) is 42.9 Å². The molecule has 1 aliphatic rings. The largest absolute Gasteiger partial charge is 0.478 e. The molecule has 0 atom stereocenters. The Hall–Kier alpha value is -2.25. The number of amides is 1. The Labute approximate surface area is 166 Å². The molecule has 0 saturated carbocycles. The van der Waals surface area contributed by atoms with Crippen LogP contribution in [0.4, 0.5) is 0 Å². The van der Waals surface area contributed by atoms with Gasteiger partial charge in [-0.15, -0.1) is 11.3 Å². The zero-order valence-electron chi connectivity index (χ0n) is 15.1. The van der Waals surface area contributed by atoms with Gasteiger partial charge in [-0.3, -0.25) is 4.79 Å². The summed E-state index contributed by atoms with van der Waals surface area (Å²) in [5.41, 5.74) is 2.90. The summed E-state index contributed by atoms with van der Waals surface area (Å²) in [6.45, 7) is 2.87. The third-order valence-electron chi connectivity index (χ3n) is 4.44. The highest BCUT2D eigenvalue weighted by atomic mass is 32.2. The summed E-state index contributed by atoms with van der Waals surface area (Å²) >= 11 is 3.66. The number of aromatic nitrogens is 2. The van der Waals surface area contributed by atoms with Gasteiger partial charge in [-0.25, -0.2) is 4.98 Å². The van der Waals surface area contributed by atoms with Crippen molar-refractivity contribution in [3.8, 4) is 10.9 Å². The van der Waals surface area contributed by atoms with Crippen LogP contribution in [0.2, 0.25) is 0 Å². The minimum absolute atomic E-state index is 0.0330. The van der Waals surface area contributed by atoms with Gasteiger partial charge in [0.15, 0.2) is 0 Å². The third kappa shape index (κ3) is 3.75. The van der Waals surface area contributed by atoms with Crippen molar-refractivity contribution in [2.75, 3.05) is 12.4 Å². The van der Waals surface area contributed by atoms with Crippen molar-refractivity contribution in [2.45, 2.75) is 25.6 Å². The van der Waals surface area contributed by atoms with E-state index in [1.165, 1.54) is 10.4 Å². The van der Waals surface area contributed by atoms with Crippen LogP contribution in [0.1, 0.15) is 33.3 Å². The minimum Gasteiger partial charge on any atom is -0.478 e. The topological polar surface area (TPSA) is 56.1 Å². The van der Waals surface area contributed by atoms with Gasteiger partial charge < -0.3 is 14.6 Å². The molecule has 5 nitrogen and oxygen atoms in total. The van der Waals surface area contributed by atoms with E-state index in [-0.39, 0.29) is 5.91 Å². The SMILES string of the molecule is CCOc1ncccc1CNC(=O)c1c(-n2cccc2)sc2c1CCSC2. The fraction of sp³-hybridized carbons (Fsp3) is 0.300. The molecular formula is C20H21N3O2S2. The maximum Gasteiger partial charge on any atom is 0.254 e. The molecule has 0 fully saturated rings. The van der Waals surface area contributed by atoms with Crippen LogP contribution >= 0.6 is 23.1 Å². The number of thioether (sulfide) groups is 1. The molecule has 4 heterocycles. The smallest absolute Gasteiger partial charge is 0.254 e. The Balaban J connectivity index is 1.61. The lowest BCUT2D eigenvalue weighted by molar-refractivity contribution is 0.0950. The lowest BCUT2D eigenvalue weighted by Crippen LogP contribution is -2.25. The molecule has 1 N–H and O–H groups in total. The van der Waals surface area contributed by atoms with Gasteiger partial charge in [-0.2, -0.15) is 11.8 Å². The van der Waals surface area contributed by atoms with Crippen LogP contribution in [0, 0.1) is 0 Å². The van der Waals surface area contributed by atoms with Crippen molar-refractivity contribution in [1.29, 1.82) is 0 Å². The van der Waals surface area contributed by atoms with Crippen LogP contribution < -0.4 is 10.1 Å². The lowest BCUT2D eigenvalue weighted by Gasteiger charge is -2.14. The molecule has 140 valence electrons. The number of hydrogen-bond donors (Lipinski definition) is 1. The van der Waals surface area contributed by atoms with Crippen molar-refractivity contribution in [3.05, 3.63) is 64.4 Å². The molecule has 7 heteroatoms. The second-order valence-electron chi connectivity index (χ2n) is 6.16. The number of fused-ring (bicyclic) bond motifs is 1. The van der Waals surface area contributed by atoms with E-state index in [1.807, 2.05) is 59.9 Å². The molecule has 27 heavy (non-hydrogen) atoms. The van der Waals surface area contributed by atoms with Gasteiger partial charge in [0.25, 0.3) is 5.91 Å². The zero-order chi connectivity index (χ0) is 18.6. The molecule has 0 radical (unpaired) electrons. The summed E-state index contributed by atoms with van der Waals surface area (Å²) in [5.74, 6) is 2.59. The Morgan fingerprint density at radius 2 is 2.19 bits per heavy atom. The number of rotatable bonds is 6. The fourth-order valence-electron chi connectivity index (χ4n) is 3.19. The predicted molar refractivity (Wildman–Crippen MR) is 110 cm³/mol. The van der Waals surface area contributed by atoms with Crippen LogP contribution in [-0.4, -0.2) is 27.8 Å². The summed E-state index contributed by atoms with van der Waals surface area (Å²) in [6, 6.07) is 7.77. The van der Waals surface area contributed by atoms with E-state index < -0.39 is 0 Å². The number of nitrogens with zero attached hydrogens (tertiary/aromatic N) is 2. The van der Waals surface area contributed by atoms with E-state index in [9.17, 15) is 4.79 Å². The summed E-state index contributed by atoms with van der Waals surface area (Å²) in [6.07, 6.45) is 6.63. The highest BCUT2D eigenvalue weighted by Crippen LogP contribution is 2.38. The Morgan fingerprint density at radius 1 is 1.33 bits per heavy atom. The highest BCUT2D eigenvalue weighted by Gasteiger charge is 2.26. The van der Waals surface area contributed by atoms with Crippen LogP contribution in [-0.2, 0) is 18.7 Å². The number of hydrogen-bond acceptors (Lipinski definition) is 5. The predicted octanol–water partition coefficient (Wildman–Crippen LogP) is 4.05. The maximum absolute atomic E-state index is 13.2. The molecule has 0 bridgehead atoms. The molecule has 3 aromatic rings. The van der Waals surface area contributed by atoms with E-state index in [1.54, 1.807) is 17.5 Å². The van der Waals surface area contributed by atoms with Crippen LogP contribution in [0.25, 0.3) is 5.00 Å². The van der Waals surface area contributed by atoms with Crippen molar-refractivity contribution in [2.24, 2.45) is 0 Å². The molecule has 0 saturated heterocycles. The van der Waals surface area contributed by atoms with E-state index in [0.29, 0.717) is 19.0 Å². The van der Waals surface area contributed by atoms with E-state index >= 15 is 0 Å². The molecule has 0 unspecified atom stereocenters. The molecule has 0 aliphatic carbocycles. The summed E-state index contributed by atoms with van der Waals surface area (Å²) in [7, 11) is 0. The van der Waals surface area contributed by atoms with Gasteiger partial charge in [0.05, 0.1) is 12.2 Å². The normalized spacial score (nSPS) is 13.2. The third-order valence-corrected chi connectivity index (χ3v) is 6.85. The van der Waals surface area contributed by atoms with E-state index in [4.69, 9.17) is 4.74 Å². The average Bonchev–Trinajstić information content (AvgIpc) is 3.34. The van der Waals surface area contributed by atoms with Crippen molar-refractivity contribution in [3.63, 3.8) is 0 Å². The van der Waals surface area contributed by atoms with Gasteiger partial charge in [0.1, 0.15) is 5.00 Å². The lowest BCUT2D eigenvalue weighted by atomic mass is 10.1. The summed E-state index contributed by atoms with van der Waals surface area (Å²) in [5, 5.41) is 4.08. The summed E-state index contributed by atoms with van der Waals surface area (Å²) in [4.78, 5) is 18.7. The average molecular weight is 400 g/mol. The number of ether oxygens (including phenoxy) is 1. The van der Waals surface area contributed by atoms with E-state index in [0.717, 1.165) is 34.1 Å². The Morgan fingerprint density at radius 3 is 3.00 bits per heavy atom. The minimum atomic E-state index is -0.0330. The Kier molecular flexibility index (Phi) is 5.50. The fourth-order valence-corrected chi connectivity index (χ4v) is 5.64. The standard InChI is InChI=1S/C20H21N3O2S2/c1-2-25-19-14(6-5-8-21-19)12-22-18(24)17-15-7-11-26-13-16(15)27-20(17)23-9-3-4-10-23/h3-6,8-10H,2,7,11-13H2,1H3,(H,22,24). The quantitative estimate of drug-likeness (QED) is 0.679. The Bertz CT molecular complexity index is 935. The second kappa shape index (κ2) is 8.19. The van der Waals surface area contributed by atoms with Crippen LogP contribution in [0.5, 0.6) is 5.88 Å². The second-order valence-corrected chi connectivity index (χ2v) is 8.35. The first kappa shape index (κ1) is 18.1.